The largest absolute Gasteiger partial charge is 0.370 e. The lowest BCUT2D eigenvalue weighted by Crippen LogP contribution is -2.07. The van der Waals surface area contributed by atoms with Crippen molar-refractivity contribution < 1.29 is 0 Å². The Labute approximate surface area is 114 Å². The van der Waals surface area contributed by atoms with Crippen molar-refractivity contribution in [3.8, 4) is 0 Å². The number of benzene rings is 1. The molecule has 0 saturated carbocycles. The van der Waals surface area contributed by atoms with Gasteiger partial charge in [0.15, 0.2) is 0 Å². The summed E-state index contributed by atoms with van der Waals surface area (Å²) < 4.78 is 0. The molecule has 0 radical (unpaired) electrons. The molecule has 100 valence electrons. The first kappa shape index (κ1) is 13.3. The normalized spacial score (nSPS) is 10.2. The van der Waals surface area contributed by atoms with Crippen LogP contribution in [0.2, 0.25) is 0 Å². The van der Waals surface area contributed by atoms with E-state index in [1.165, 1.54) is 5.56 Å². The average Bonchev–Trinajstić information content (AvgIpc) is 2.46. The Balaban J connectivity index is 2.08. The number of nitrogens with zero attached hydrogens (tertiary/aromatic N) is 2. The molecule has 0 atom stereocenters. The first-order chi connectivity index (χ1) is 9.31. The number of hydrogen-bond donors (Lipinski definition) is 2. The predicted octanol–water partition coefficient (Wildman–Crippen LogP) is 3.08. The fourth-order valence-corrected chi connectivity index (χ4v) is 1.81. The molecule has 0 aliphatic heterocycles. The zero-order valence-electron chi connectivity index (χ0n) is 11.5. The van der Waals surface area contributed by atoms with Crippen molar-refractivity contribution in [3.63, 3.8) is 0 Å². The Hall–Kier alpha value is -2.10. The maximum atomic E-state index is 4.49. The first-order valence-electron chi connectivity index (χ1n) is 6.71. The molecule has 4 heteroatoms. The van der Waals surface area contributed by atoms with Crippen LogP contribution in [0.5, 0.6) is 0 Å². The van der Waals surface area contributed by atoms with Crippen LogP contribution < -0.4 is 10.6 Å². The molecule has 0 amide bonds. The van der Waals surface area contributed by atoms with Gasteiger partial charge in [-0.15, -0.1) is 0 Å². The van der Waals surface area contributed by atoms with Gasteiger partial charge in [-0.05, 0) is 12.5 Å². The molecule has 2 aromatic rings. The molecular weight excluding hydrogens is 236 g/mol. The highest BCUT2D eigenvalue weighted by Crippen LogP contribution is 2.13. The molecular formula is C15H20N4. The first-order valence-corrected chi connectivity index (χ1v) is 6.71. The van der Waals surface area contributed by atoms with E-state index < -0.39 is 0 Å². The van der Waals surface area contributed by atoms with Gasteiger partial charge in [0.2, 0.25) is 0 Å². The van der Waals surface area contributed by atoms with Gasteiger partial charge in [0.1, 0.15) is 17.5 Å². The zero-order chi connectivity index (χ0) is 13.5. The predicted molar refractivity (Wildman–Crippen MR) is 79.3 cm³/mol. The van der Waals surface area contributed by atoms with Crippen LogP contribution in [0.25, 0.3) is 0 Å². The maximum Gasteiger partial charge on any atom is 0.132 e. The van der Waals surface area contributed by atoms with E-state index in [4.69, 9.17) is 0 Å². The monoisotopic (exact) mass is 256 g/mol. The number of rotatable bonds is 6. The Morgan fingerprint density at radius 3 is 2.26 bits per heavy atom. The molecule has 0 saturated heterocycles. The average molecular weight is 256 g/mol. The Morgan fingerprint density at radius 1 is 0.947 bits per heavy atom. The van der Waals surface area contributed by atoms with Gasteiger partial charge in [-0.1, -0.05) is 37.3 Å². The Bertz CT molecular complexity index is 511. The molecule has 0 unspecified atom stereocenters. The summed E-state index contributed by atoms with van der Waals surface area (Å²) in [6.45, 7) is 5.75. The van der Waals surface area contributed by atoms with Crippen LogP contribution in [0.1, 0.15) is 25.2 Å². The summed E-state index contributed by atoms with van der Waals surface area (Å²) in [5.41, 5.74) is 1.24. The number of hydrogen-bond acceptors (Lipinski definition) is 4. The molecule has 0 bridgehead atoms. The smallest absolute Gasteiger partial charge is 0.132 e. The van der Waals surface area contributed by atoms with Gasteiger partial charge < -0.3 is 10.6 Å². The van der Waals surface area contributed by atoms with Crippen molar-refractivity contribution in [2.75, 3.05) is 17.2 Å². The van der Waals surface area contributed by atoms with Crippen LogP contribution in [0, 0.1) is 0 Å². The summed E-state index contributed by atoms with van der Waals surface area (Å²) in [6.07, 6.45) is 0.833. The van der Waals surface area contributed by atoms with E-state index >= 15 is 0 Å². The molecule has 0 aliphatic rings. The molecule has 0 fully saturated rings. The Kier molecular flexibility index (Phi) is 4.72. The molecule has 1 heterocycles. The van der Waals surface area contributed by atoms with Crippen LogP contribution >= 0.6 is 0 Å². The minimum atomic E-state index is 0.770. The van der Waals surface area contributed by atoms with E-state index in [1.807, 2.05) is 24.3 Å². The van der Waals surface area contributed by atoms with Gasteiger partial charge in [0, 0.05) is 25.6 Å². The van der Waals surface area contributed by atoms with Crippen molar-refractivity contribution in [2.45, 2.75) is 26.8 Å². The van der Waals surface area contributed by atoms with Crippen molar-refractivity contribution >= 4 is 11.6 Å². The summed E-state index contributed by atoms with van der Waals surface area (Å²) in [5.74, 6) is 2.60. The molecule has 2 N–H and O–H groups in total. The van der Waals surface area contributed by atoms with E-state index in [2.05, 4.69) is 46.6 Å². The number of anilines is 2. The number of aromatic nitrogens is 2. The minimum Gasteiger partial charge on any atom is -0.370 e. The van der Waals surface area contributed by atoms with Gasteiger partial charge in [-0.25, -0.2) is 9.97 Å². The molecule has 0 spiro atoms. The van der Waals surface area contributed by atoms with Gasteiger partial charge in [-0.2, -0.15) is 0 Å². The standard InChI is InChI=1S/C15H20N4/c1-3-13-18-14(16-4-2)10-15(19-13)17-11-12-8-6-5-7-9-12/h5-10H,3-4,11H2,1-2H3,(H2,16,17,18,19). The minimum absolute atomic E-state index is 0.770. The van der Waals surface area contributed by atoms with Gasteiger partial charge in [0.25, 0.3) is 0 Å². The number of nitrogens with one attached hydrogen (secondary N) is 2. The third kappa shape index (κ3) is 3.95. The van der Waals surface area contributed by atoms with Crippen molar-refractivity contribution in [2.24, 2.45) is 0 Å². The SMILES string of the molecule is CCNc1cc(NCc2ccccc2)nc(CC)n1. The fraction of sp³-hybridized carbons (Fsp3) is 0.333. The molecule has 1 aromatic carbocycles. The fourth-order valence-electron chi connectivity index (χ4n) is 1.81. The van der Waals surface area contributed by atoms with Crippen LogP contribution in [0.4, 0.5) is 11.6 Å². The third-order valence-electron chi connectivity index (χ3n) is 2.76. The van der Waals surface area contributed by atoms with Gasteiger partial charge in [-0.3, -0.25) is 0 Å². The zero-order valence-corrected chi connectivity index (χ0v) is 11.5. The number of aryl methyl sites for hydroxylation is 1. The van der Waals surface area contributed by atoms with E-state index in [1.54, 1.807) is 0 Å². The van der Waals surface area contributed by atoms with E-state index in [9.17, 15) is 0 Å². The molecule has 4 nitrogen and oxygen atoms in total. The lowest BCUT2D eigenvalue weighted by molar-refractivity contribution is 0.929. The molecule has 19 heavy (non-hydrogen) atoms. The summed E-state index contributed by atoms with van der Waals surface area (Å²) in [4.78, 5) is 8.92. The molecule has 0 aliphatic carbocycles. The second-order valence-electron chi connectivity index (χ2n) is 4.28. The van der Waals surface area contributed by atoms with E-state index in [0.29, 0.717) is 0 Å². The van der Waals surface area contributed by atoms with Crippen LogP contribution in [0.3, 0.4) is 0 Å². The van der Waals surface area contributed by atoms with Crippen molar-refractivity contribution in [1.29, 1.82) is 0 Å². The second kappa shape index (κ2) is 6.73. The van der Waals surface area contributed by atoms with Crippen LogP contribution in [0.15, 0.2) is 36.4 Å². The molecule has 1 aromatic heterocycles. The van der Waals surface area contributed by atoms with Crippen LogP contribution in [-0.4, -0.2) is 16.5 Å². The quantitative estimate of drug-likeness (QED) is 0.834. The van der Waals surface area contributed by atoms with E-state index in [-0.39, 0.29) is 0 Å². The topological polar surface area (TPSA) is 49.8 Å². The Morgan fingerprint density at radius 2 is 1.63 bits per heavy atom. The van der Waals surface area contributed by atoms with Crippen molar-refractivity contribution in [3.05, 3.63) is 47.8 Å². The van der Waals surface area contributed by atoms with Crippen molar-refractivity contribution in [1.82, 2.24) is 9.97 Å². The summed E-state index contributed by atoms with van der Waals surface area (Å²) in [7, 11) is 0. The lowest BCUT2D eigenvalue weighted by atomic mass is 10.2. The summed E-state index contributed by atoms with van der Waals surface area (Å²) >= 11 is 0. The molecule has 2 rings (SSSR count). The van der Waals surface area contributed by atoms with E-state index in [0.717, 1.165) is 37.0 Å². The highest BCUT2D eigenvalue weighted by molar-refractivity contribution is 5.47. The third-order valence-corrected chi connectivity index (χ3v) is 2.76. The summed E-state index contributed by atoms with van der Waals surface area (Å²) in [5, 5.41) is 6.57. The van der Waals surface area contributed by atoms with Crippen LogP contribution in [-0.2, 0) is 13.0 Å². The maximum absolute atomic E-state index is 4.49. The second-order valence-corrected chi connectivity index (χ2v) is 4.28. The highest BCUT2D eigenvalue weighted by Gasteiger charge is 2.02. The van der Waals surface area contributed by atoms with Gasteiger partial charge in [0.05, 0.1) is 0 Å². The summed E-state index contributed by atoms with van der Waals surface area (Å²) in [6, 6.07) is 12.2. The lowest BCUT2D eigenvalue weighted by Gasteiger charge is -2.10. The van der Waals surface area contributed by atoms with Gasteiger partial charge >= 0.3 is 0 Å². The highest BCUT2D eigenvalue weighted by atomic mass is 15.1.